The summed E-state index contributed by atoms with van der Waals surface area (Å²) in [5.41, 5.74) is 2.41. The van der Waals surface area contributed by atoms with E-state index in [1.54, 1.807) is 17.7 Å². The lowest BCUT2D eigenvalue weighted by Gasteiger charge is -2.34. The van der Waals surface area contributed by atoms with Crippen LogP contribution in [0.5, 0.6) is 0 Å². The Morgan fingerprint density at radius 3 is 2.88 bits per heavy atom. The smallest absolute Gasteiger partial charge is 0.410 e. The number of nitrogens with zero attached hydrogens (tertiary/aromatic N) is 4. The topological polar surface area (TPSA) is 68.2 Å². The second kappa shape index (κ2) is 7.70. The van der Waals surface area contributed by atoms with Crippen molar-refractivity contribution in [2.24, 2.45) is 5.92 Å². The normalized spacial score (nSPS) is 18.0. The van der Waals surface area contributed by atoms with Crippen LogP contribution in [-0.2, 0) is 11.2 Å². The zero-order valence-corrected chi connectivity index (χ0v) is 16.7. The Kier molecular flexibility index (Phi) is 5.55. The van der Waals surface area contributed by atoms with E-state index >= 15 is 0 Å². The first-order chi connectivity index (χ1) is 12.3. The van der Waals surface area contributed by atoms with Crippen LogP contribution in [-0.4, -0.2) is 44.6 Å². The SMILES string of the molecule is Cc1csc(-c2cc(C[C@@H]3CCCN(C(=O)OC(C)(C)C)C3)ncn2)n1. The van der Waals surface area contributed by atoms with Crippen LogP contribution in [0.15, 0.2) is 17.8 Å². The molecule has 140 valence electrons. The van der Waals surface area contributed by atoms with E-state index in [9.17, 15) is 4.79 Å². The third-order valence-corrected chi connectivity index (χ3v) is 5.21. The Labute approximate surface area is 158 Å². The summed E-state index contributed by atoms with van der Waals surface area (Å²) in [5, 5.41) is 2.95. The lowest BCUT2D eigenvalue weighted by atomic mass is 9.93. The van der Waals surface area contributed by atoms with Crippen LogP contribution in [0, 0.1) is 12.8 Å². The van der Waals surface area contributed by atoms with E-state index in [-0.39, 0.29) is 6.09 Å². The number of carbonyl (C=O) groups is 1. The van der Waals surface area contributed by atoms with Gasteiger partial charge in [0.05, 0.1) is 0 Å². The van der Waals surface area contributed by atoms with Crippen molar-refractivity contribution in [3.63, 3.8) is 0 Å². The molecule has 1 saturated heterocycles. The summed E-state index contributed by atoms with van der Waals surface area (Å²) < 4.78 is 5.51. The summed E-state index contributed by atoms with van der Waals surface area (Å²) >= 11 is 1.60. The molecule has 6 nitrogen and oxygen atoms in total. The third kappa shape index (κ3) is 5.00. The van der Waals surface area contributed by atoms with Crippen LogP contribution in [0.4, 0.5) is 4.79 Å². The van der Waals surface area contributed by atoms with Gasteiger partial charge in [0.15, 0.2) is 0 Å². The van der Waals surface area contributed by atoms with E-state index in [4.69, 9.17) is 4.74 Å². The maximum absolute atomic E-state index is 12.3. The molecule has 0 unspecified atom stereocenters. The summed E-state index contributed by atoms with van der Waals surface area (Å²) in [6.07, 6.45) is 4.31. The quantitative estimate of drug-likeness (QED) is 0.809. The van der Waals surface area contributed by atoms with Crippen LogP contribution >= 0.6 is 11.3 Å². The molecule has 26 heavy (non-hydrogen) atoms. The molecule has 3 heterocycles. The molecule has 0 radical (unpaired) electrons. The van der Waals surface area contributed by atoms with Gasteiger partial charge in [0.1, 0.15) is 22.6 Å². The molecular formula is C19H26N4O2S. The van der Waals surface area contributed by atoms with Crippen molar-refractivity contribution in [3.05, 3.63) is 29.2 Å². The molecule has 1 aliphatic rings. The van der Waals surface area contributed by atoms with Crippen molar-refractivity contribution in [2.75, 3.05) is 13.1 Å². The summed E-state index contributed by atoms with van der Waals surface area (Å²) in [7, 11) is 0. The first-order valence-electron chi connectivity index (χ1n) is 9.01. The Hall–Kier alpha value is -2.02. The number of ether oxygens (including phenoxy) is 1. The van der Waals surface area contributed by atoms with Gasteiger partial charge in [-0.3, -0.25) is 0 Å². The number of likely N-dealkylation sites (tertiary alicyclic amines) is 1. The van der Waals surface area contributed by atoms with E-state index in [1.165, 1.54) is 0 Å². The minimum atomic E-state index is -0.461. The molecule has 0 saturated carbocycles. The zero-order valence-electron chi connectivity index (χ0n) is 15.9. The molecule has 1 fully saturated rings. The predicted octanol–water partition coefficient (Wildman–Crippen LogP) is 4.10. The van der Waals surface area contributed by atoms with Crippen LogP contribution in [0.3, 0.4) is 0 Å². The van der Waals surface area contributed by atoms with Gasteiger partial charge >= 0.3 is 6.09 Å². The van der Waals surface area contributed by atoms with Gasteiger partial charge in [-0.2, -0.15) is 0 Å². The lowest BCUT2D eigenvalue weighted by Crippen LogP contribution is -2.43. The van der Waals surface area contributed by atoms with E-state index < -0.39 is 5.60 Å². The highest BCUT2D eigenvalue weighted by molar-refractivity contribution is 7.13. The molecule has 0 aliphatic carbocycles. The molecule has 0 aromatic carbocycles. The van der Waals surface area contributed by atoms with Crippen molar-refractivity contribution in [1.82, 2.24) is 19.9 Å². The van der Waals surface area contributed by atoms with Gasteiger partial charge in [0.25, 0.3) is 0 Å². The number of aryl methyl sites for hydroxylation is 1. The monoisotopic (exact) mass is 374 g/mol. The van der Waals surface area contributed by atoms with Gasteiger partial charge in [-0.05, 0) is 58.9 Å². The summed E-state index contributed by atoms with van der Waals surface area (Å²) in [4.78, 5) is 27.4. The first kappa shape index (κ1) is 18.8. The van der Waals surface area contributed by atoms with Gasteiger partial charge in [-0.1, -0.05) is 0 Å². The van der Waals surface area contributed by atoms with E-state index in [2.05, 4.69) is 15.0 Å². The van der Waals surface area contributed by atoms with Crippen LogP contribution in [0.1, 0.15) is 45.0 Å². The number of thiazole rings is 1. The van der Waals surface area contributed by atoms with Crippen molar-refractivity contribution >= 4 is 17.4 Å². The van der Waals surface area contributed by atoms with Crippen LogP contribution in [0.25, 0.3) is 10.7 Å². The Morgan fingerprint density at radius 1 is 1.38 bits per heavy atom. The minimum absolute atomic E-state index is 0.219. The maximum Gasteiger partial charge on any atom is 0.410 e. The average molecular weight is 375 g/mol. The fourth-order valence-electron chi connectivity index (χ4n) is 3.12. The van der Waals surface area contributed by atoms with Crippen LogP contribution in [0.2, 0.25) is 0 Å². The highest BCUT2D eigenvalue weighted by Crippen LogP contribution is 2.25. The molecule has 0 N–H and O–H groups in total. The summed E-state index contributed by atoms with van der Waals surface area (Å²) in [5.74, 6) is 0.386. The fraction of sp³-hybridized carbons (Fsp3) is 0.579. The zero-order chi connectivity index (χ0) is 18.7. The number of rotatable bonds is 3. The minimum Gasteiger partial charge on any atom is -0.444 e. The number of piperidine rings is 1. The number of amides is 1. The highest BCUT2D eigenvalue weighted by atomic mass is 32.1. The van der Waals surface area contributed by atoms with Crippen molar-refractivity contribution in [1.29, 1.82) is 0 Å². The second-order valence-corrected chi connectivity index (χ2v) is 8.69. The number of hydrogen-bond acceptors (Lipinski definition) is 6. The maximum atomic E-state index is 12.3. The van der Waals surface area contributed by atoms with Gasteiger partial charge in [0.2, 0.25) is 0 Å². The molecule has 3 rings (SSSR count). The first-order valence-corrected chi connectivity index (χ1v) is 9.89. The molecule has 1 amide bonds. The highest BCUT2D eigenvalue weighted by Gasteiger charge is 2.28. The largest absolute Gasteiger partial charge is 0.444 e. The predicted molar refractivity (Wildman–Crippen MR) is 102 cm³/mol. The molecule has 1 aliphatic heterocycles. The summed E-state index contributed by atoms with van der Waals surface area (Å²) in [6, 6.07) is 2.02. The second-order valence-electron chi connectivity index (χ2n) is 7.83. The van der Waals surface area contributed by atoms with E-state index in [0.29, 0.717) is 12.5 Å². The number of hydrogen-bond donors (Lipinski definition) is 0. The Bertz CT molecular complexity index is 769. The third-order valence-electron chi connectivity index (χ3n) is 4.23. The Morgan fingerprint density at radius 2 is 2.19 bits per heavy atom. The summed E-state index contributed by atoms with van der Waals surface area (Å²) in [6.45, 7) is 9.15. The van der Waals surface area contributed by atoms with Crippen LogP contribution < -0.4 is 0 Å². The van der Waals surface area contributed by atoms with Crippen molar-refractivity contribution in [3.8, 4) is 10.7 Å². The van der Waals surface area contributed by atoms with Gasteiger partial charge in [-0.25, -0.2) is 19.7 Å². The van der Waals surface area contributed by atoms with Crippen molar-refractivity contribution < 1.29 is 9.53 Å². The Balaban J connectivity index is 1.64. The van der Waals surface area contributed by atoms with Gasteiger partial charge in [0, 0.05) is 29.9 Å². The molecule has 1 atom stereocenters. The van der Waals surface area contributed by atoms with E-state index in [1.807, 2.05) is 44.0 Å². The molecule has 7 heteroatoms. The fourth-order valence-corrected chi connectivity index (χ4v) is 3.88. The molecule has 0 bridgehead atoms. The van der Waals surface area contributed by atoms with Crippen molar-refractivity contribution in [2.45, 2.75) is 52.6 Å². The number of carbonyl (C=O) groups excluding carboxylic acids is 1. The standard InChI is InChI=1S/C19H26N4O2S/c1-13-11-26-17(22-13)16-9-15(20-12-21-16)8-14-6-5-7-23(10-14)18(24)25-19(2,3)4/h9,11-12,14H,5-8,10H2,1-4H3/t14-/m0/s1. The van der Waals surface area contributed by atoms with Gasteiger partial charge in [-0.15, -0.1) is 11.3 Å². The van der Waals surface area contributed by atoms with E-state index in [0.717, 1.165) is 47.9 Å². The number of aromatic nitrogens is 3. The molecule has 0 spiro atoms. The lowest BCUT2D eigenvalue weighted by molar-refractivity contribution is 0.0165. The molecule has 2 aromatic heterocycles. The molecular weight excluding hydrogens is 348 g/mol. The van der Waals surface area contributed by atoms with Gasteiger partial charge < -0.3 is 9.64 Å². The average Bonchev–Trinajstić information content (AvgIpc) is 3.00. The molecule has 2 aromatic rings.